The summed E-state index contributed by atoms with van der Waals surface area (Å²) in [6, 6.07) is 14.3. The molecule has 0 bridgehead atoms. The van der Waals surface area contributed by atoms with Crippen LogP contribution >= 0.6 is 23.2 Å². The molecular weight excluding hydrogens is 397 g/mol. The number of carbonyl (C=O) groups excluding carboxylic acids is 1. The maximum atomic E-state index is 12.8. The number of aromatic nitrogens is 2. The van der Waals surface area contributed by atoms with Crippen LogP contribution in [0.4, 0.5) is 0 Å². The van der Waals surface area contributed by atoms with Gasteiger partial charge in [-0.25, -0.2) is 4.98 Å². The van der Waals surface area contributed by atoms with E-state index in [1.165, 1.54) is 4.57 Å². The van der Waals surface area contributed by atoms with Crippen molar-refractivity contribution in [3.63, 3.8) is 0 Å². The van der Waals surface area contributed by atoms with Crippen LogP contribution in [0.5, 0.6) is 0 Å². The fraction of sp³-hybridized carbons (Fsp3) is 0.190. The molecule has 28 heavy (non-hydrogen) atoms. The van der Waals surface area contributed by atoms with Crippen molar-refractivity contribution in [3.8, 4) is 11.4 Å². The molecule has 0 spiro atoms. The molecule has 0 radical (unpaired) electrons. The summed E-state index contributed by atoms with van der Waals surface area (Å²) in [6.07, 6.45) is 0. The van der Waals surface area contributed by atoms with Crippen LogP contribution in [0.3, 0.4) is 0 Å². The average molecular weight is 416 g/mol. The van der Waals surface area contributed by atoms with E-state index in [0.29, 0.717) is 32.7 Å². The van der Waals surface area contributed by atoms with E-state index in [1.54, 1.807) is 44.2 Å². The lowest BCUT2D eigenvalue weighted by Gasteiger charge is -2.15. The lowest BCUT2D eigenvalue weighted by Crippen LogP contribution is -2.34. The minimum Gasteiger partial charge on any atom is -0.350 e. The Bertz CT molecular complexity index is 1090. The number of amides is 1. The molecule has 3 rings (SSSR count). The third-order valence-corrected chi connectivity index (χ3v) is 5.06. The van der Waals surface area contributed by atoms with Crippen LogP contribution in [0.2, 0.25) is 10.0 Å². The molecule has 2 aromatic carbocycles. The fourth-order valence-electron chi connectivity index (χ4n) is 2.79. The Morgan fingerprint density at radius 2 is 1.86 bits per heavy atom. The lowest BCUT2D eigenvalue weighted by atomic mass is 10.1. The van der Waals surface area contributed by atoms with Crippen molar-refractivity contribution in [2.24, 2.45) is 0 Å². The summed E-state index contributed by atoms with van der Waals surface area (Å²) < 4.78 is 1.37. The Morgan fingerprint density at radius 1 is 1.11 bits per heavy atom. The predicted octanol–water partition coefficient (Wildman–Crippen LogP) is 4.15. The van der Waals surface area contributed by atoms with Gasteiger partial charge in [-0.15, -0.1) is 0 Å². The number of rotatable bonds is 5. The third kappa shape index (κ3) is 4.43. The zero-order chi connectivity index (χ0) is 20.3. The molecule has 1 aromatic heterocycles. The molecular formula is C21H19Cl2N3O2. The molecule has 0 fully saturated rings. The number of hydrogen-bond acceptors (Lipinski definition) is 3. The smallest absolute Gasteiger partial charge is 0.257 e. The second-order valence-electron chi connectivity index (χ2n) is 6.42. The van der Waals surface area contributed by atoms with Crippen LogP contribution in [-0.2, 0) is 17.9 Å². The molecule has 0 saturated heterocycles. The molecule has 5 nitrogen and oxygen atoms in total. The first-order valence-electron chi connectivity index (χ1n) is 8.71. The molecule has 0 unspecified atom stereocenters. The number of aryl methyl sites for hydroxylation is 1. The van der Waals surface area contributed by atoms with Crippen LogP contribution in [0.15, 0.2) is 53.3 Å². The number of carbonyl (C=O) groups is 1. The topological polar surface area (TPSA) is 64.0 Å². The van der Waals surface area contributed by atoms with Crippen molar-refractivity contribution in [2.45, 2.75) is 26.9 Å². The van der Waals surface area contributed by atoms with Gasteiger partial charge in [-0.05, 0) is 37.6 Å². The van der Waals surface area contributed by atoms with E-state index < -0.39 is 0 Å². The molecule has 144 valence electrons. The van der Waals surface area contributed by atoms with E-state index in [-0.39, 0.29) is 24.6 Å². The maximum absolute atomic E-state index is 12.8. The molecule has 0 aliphatic heterocycles. The molecule has 3 aromatic rings. The van der Waals surface area contributed by atoms with E-state index in [2.05, 4.69) is 10.3 Å². The predicted molar refractivity (Wildman–Crippen MR) is 112 cm³/mol. The first-order valence-corrected chi connectivity index (χ1v) is 9.46. The maximum Gasteiger partial charge on any atom is 0.257 e. The molecule has 0 atom stereocenters. The van der Waals surface area contributed by atoms with Gasteiger partial charge in [0.05, 0.1) is 0 Å². The summed E-state index contributed by atoms with van der Waals surface area (Å²) in [5.41, 5.74) is 2.34. The number of nitrogens with one attached hydrogen (secondary N) is 1. The Balaban J connectivity index is 1.90. The van der Waals surface area contributed by atoms with E-state index in [9.17, 15) is 9.59 Å². The van der Waals surface area contributed by atoms with Crippen molar-refractivity contribution in [3.05, 3.63) is 85.8 Å². The molecule has 1 heterocycles. The second-order valence-corrected chi connectivity index (χ2v) is 7.26. The number of nitrogens with zero attached hydrogens (tertiary/aromatic N) is 2. The number of benzene rings is 2. The first-order chi connectivity index (χ1) is 13.4. The second kappa shape index (κ2) is 8.59. The van der Waals surface area contributed by atoms with Gasteiger partial charge in [0.1, 0.15) is 12.4 Å². The van der Waals surface area contributed by atoms with Crippen LogP contribution in [0.1, 0.15) is 16.8 Å². The van der Waals surface area contributed by atoms with E-state index in [0.717, 1.165) is 5.56 Å². The van der Waals surface area contributed by atoms with Crippen molar-refractivity contribution in [2.75, 3.05) is 0 Å². The highest BCUT2D eigenvalue weighted by atomic mass is 35.5. The summed E-state index contributed by atoms with van der Waals surface area (Å²) in [5.74, 6) is 0.0962. The van der Waals surface area contributed by atoms with Gasteiger partial charge in [-0.1, -0.05) is 53.5 Å². The summed E-state index contributed by atoms with van der Waals surface area (Å²) in [6.45, 7) is 3.59. The van der Waals surface area contributed by atoms with Crippen molar-refractivity contribution in [1.29, 1.82) is 0 Å². The van der Waals surface area contributed by atoms with Gasteiger partial charge in [0.25, 0.3) is 5.56 Å². The van der Waals surface area contributed by atoms with Gasteiger partial charge in [-0.2, -0.15) is 0 Å². The summed E-state index contributed by atoms with van der Waals surface area (Å²) in [4.78, 5) is 29.9. The summed E-state index contributed by atoms with van der Waals surface area (Å²) in [5, 5.41) is 3.91. The summed E-state index contributed by atoms with van der Waals surface area (Å²) in [7, 11) is 0. The normalized spacial score (nSPS) is 10.7. The molecule has 0 aliphatic rings. The van der Waals surface area contributed by atoms with E-state index >= 15 is 0 Å². The van der Waals surface area contributed by atoms with Crippen LogP contribution in [-0.4, -0.2) is 15.5 Å². The van der Waals surface area contributed by atoms with Crippen molar-refractivity contribution < 1.29 is 4.79 Å². The van der Waals surface area contributed by atoms with Gasteiger partial charge in [0.2, 0.25) is 5.91 Å². The van der Waals surface area contributed by atoms with E-state index in [4.69, 9.17) is 23.2 Å². The van der Waals surface area contributed by atoms with Gasteiger partial charge in [-0.3, -0.25) is 14.2 Å². The SMILES string of the molecule is Cc1nc(-c2cccc(Cl)c2)n(CC(=O)NCc2ccccc2Cl)c(=O)c1C. The molecule has 1 amide bonds. The lowest BCUT2D eigenvalue weighted by molar-refractivity contribution is -0.121. The quantitative estimate of drug-likeness (QED) is 0.680. The Labute approximate surface area is 172 Å². The first kappa shape index (κ1) is 20.1. The highest BCUT2D eigenvalue weighted by Gasteiger charge is 2.16. The molecule has 1 N–H and O–H groups in total. The van der Waals surface area contributed by atoms with Gasteiger partial charge in [0, 0.05) is 33.4 Å². The van der Waals surface area contributed by atoms with Crippen LogP contribution < -0.4 is 10.9 Å². The third-order valence-electron chi connectivity index (χ3n) is 4.46. The van der Waals surface area contributed by atoms with E-state index in [1.807, 2.05) is 18.2 Å². The van der Waals surface area contributed by atoms with Crippen molar-refractivity contribution >= 4 is 29.1 Å². The highest BCUT2D eigenvalue weighted by Crippen LogP contribution is 2.21. The number of halogens is 2. The molecule has 0 aliphatic carbocycles. The minimum atomic E-state index is -0.310. The highest BCUT2D eigenvalue weighted by molar-refractivity contribution is 6.31. The summed E-state index contributed by atoms with van der Waals surface area (Å²) >= 11 is 12.2. The molecule has 0 saturated carbocycles. The Morgan fingerprint density at radius 3 is 2.57 bits per heavy atom. The zero-order valence-corrected chi connectivity index (χ0v) is 17.0. The Kier molecular flexibility index (Phi) is 6.17. The van der Waals surface area contributed by atoms with Crippen molar-refractivity contribution in [1.82, 2.24) is 14.9 Å². The van der Waals surface area contributed by atoms with Crippen LogP contribution in [0.25, 0.3) is 11.4 Å². The largest absolute Gasteiger partial charge is 0.350 e. The standard InChI is InChI=1S/C21H19Cl2N3O2/c1-13-14(2)25-20(15-7-5-8-17(22)10-15)26(21(13)28)12-19(27)24-11-16-6-3-4-9-18(16)23/h3-10H,11-12H2,1-2H3,(H,24,27). The minimum absolute atomic E-state index is 0.154. The fourth-order valence-corrected chi connectivity index (χ4v) is 3.18. The number of hydrogen-bond donors (Lipinski definition) is 1. The molecule has 7 heteroatoms. The zero-order valence-electron chi connectivity index (χ0n) is 15.5. The Hall–Kier alpha value is -2.63. The van der Waals surface area contributed by atoms with Crippen LogP contribution in [0, 0.1) is 13.8 Å². The average Bonchev–Trinajstić information content (AvgIpc) is 2.67. The van der Waals surface area contributed by atoms with Gasteiger partial charge < -0.3 is 5.32 Å². The monoisotopic (exact) mass is 415 g/mol. The van der Waals surface area contributed by atoms with Gasteiger partial charge in [0.15, 0.2) is 0 Å². The van der Waals surface area contributed by atoms with Gasteiger partial charge >= 0.3 is 0 Å².